The predicted molar refractivity (Wildman–Crippen MR) is 80.1 cm³/mol. The van der Waals surface area contributed by atoms with E-state index in [1.807, 2.05) is 32.3 Å². The number of nitrogens with one attached hydrogen (secondary N) is 1. The van der Waals surface area contributed by atoms with Gasteiger partial charge in [0.1, 0.15) is 0 Å². The minimum Gasteiger partial charge on any atom is -0.382 e. The average Bonchev–Trinajstić information content (AvgIpc) is 2.92. The second-order valence-corrected chi connectivity index (χ2v) is 5.03. The SMILES string of the molecule is Cc1cccc(-c2c(N)n[nH]c2-c2cn(C)nc2C)c1. The molecule has 5 nitrogen and oxygen atoms in total. The van der Waals surface area contributed by atoms with Crippen molar-refractivity contribution in [2.75, 3.05) is 5.73 Å². The molecular formula is C15H17N5. The van der Waals surface area contributed by atoms with E-state index >= 15 is 0 Å². The molecule has 3 rings (SSSR count). The molecule has 0 fully saturated rings. The Bertz CT molecular complexity index is 766. The van der Waals surface area contributed by atoms with Crippen LogP contribution in [0.1, 0.15) is 11.3 Å². The number of aromatic amines is 1. The van der Waals surface area contributed by atoms with E-state index in [1.165, 1.54) is 5.56 Å². The van der Waals surface area contributed by atoms with E-state index in [0.29, 0.717) is 5.82 Å². The van der Waals surface area contributed by atoms with Crippen molar-refractivity contribution in [1.29, 1.82) is 0 Å². The van der Waals surface area contributed by atoms with Crippen LogP contribution in [0.4, 0.5) is 5.82 Å². The second-order valence-electron chi connectivity index (χ2n) is 5.03. The molecule has 0 atom stereocenters. The predicted octanol–water partition coefficient (Wildman–Crippen LogP) is 2.68. The lowest BCUT2D eigenvalue weighted by atomic mass is 10.00. The van der Waals surface area contributed by atoms with Crippen molar-refractivity contribution in [2.24, 2.45) is 7.05 Å². The lowest BCUT2D eigenvalue weighted by Gasteiger charge is -2.05. The first-order chi connectivity index (χ1) is 9.56. The van der Waals surface area contributed by atoms with Crippen LogP contribution < -0.4 is 5.73 Å². The molecule has 2 aromatic heterocycles. The van der Waals surface area contributed by atoms with Gasteiger partial charge in [0.15, 0.2) is 5.82 Å². The molecule has 0 spiro atoms. The molecule has 0 aliphatic rings. The largest absolute Gasteiger partial charge is 0.382 e. The number of nitrogens with zero attached hydrogens (tertiary/aromatic N) is 3. The van der Waals surface area contributed by atoms with Crippen LogP contribution in [0.25, 0.3) is 22.4 Å². The van der Waals surface area contributed by atoms with Gasteiger partial charge in [-0.1, -0.05) is 29.8 Å². The van der Waals surface area contributed by atoms with E-state index in [-0.39, 0.29) is 0 Å². The Morgan fingerprint density at radius 2 is 2.05 bits per heavy atom. The summed E-state index contributed by atoms with van der Waals surface area (Å²) in [6.45, 7) is 4.04. The molecule has 3 aromatic rings. The second kappa shape index (κ2) is 4.52. The zero-order valence-electron chi connectivity index (χ0n) is 11.8. The highest BCUT2D eigenvalue weighted by atomic mass is 15.3. The number of rotatable bonds is 2. The quantitative estimate of drug-likeness (QED) is 0.749. The van der Waals surface area contributed by atoms with Crippen LogP contribution in [0.15, 0.2) is 30.5 Å². The van der Waals surface area contributed by atoms with E-state index in [9.17, 15) is 0 Å². The van der Waals surface area contributed by atoms with Crippen LogP contribution in [0.5, 0.6) is 0 Å². The van der Waals surface area contributed by atoms with Gasteiger partial charge < -0.3 is 5.73 Å². The fraction of sp³-hybridized carbons (Fsp3) is 0.200. The maximum Gasteiger partial charge on any atom is 0.153 e. The van der Waals surface area contributed by atoms with Crippen molar-refractivity contribution in [3.05, 3.63) is 41.7 Å². The van der Waals surface area contributed by atoms with Crippen LogP contribution in [0.2, 0.25) is 0 Å². The van der Waals surface area contributed by atoms with Crippen molar-refractivity contribution in [3.8, 4) is 22.4 Å². The number of nitrogens with two attached hydrogens (primary N) is 1. The van der Waals surface area contributed by atoms with Gasteiger partial charge in [-0.25, -0.2) is 0 Å². The molecule has 1 aromatic carbocycles. The van der Waals surface area contributed by atoms with Gasteiger partial charge in [-0.05, 0) is 19.4 Å². The maximum atomic E-state index is 6.05. The minimum atomic E-state index is 0.508. The van der Waals surface area contributed by atoms with Gasteiger partial charge in [-0.2, -0.15) is 10.2 Å². The van der Waals surface area contributed by atoms with E-state index < -0.39 is 0 Å². The minimum absolute atomic E-state index is 0.508. The van der Waals surface area contributed by atoms with Crippen LogP contribution >= 0.6 is 0 Å². The van der Waals surface area contributed by atoms with Gasteiger partial charge in [0.2, 0.25) is 0 Å². The monoisotopic (exact) mass is 267 g/mol. The number of benzene rings is 1. The van der Waals surface area contributed by atoms with Crippen molar-refractivity contribution in [2.45, 2.75) is 13.8 Å². The smallest absolute Gasteiger partial charge is 0.153 e. The van der Waals surface area contributed by atoms with Gasteiger partial charge in [-0.3, -0.25) is 9.78 Å². The van der Waals surface area contributed by atoms with E-state index in [0.717, 1.165) is 28.1 Å². The molecule has 102 valence electrons. The van der Waals surface area contributed by atoms with Crippen LogP contribution in [0, 0.1) is 13.8 Å². The summed E-state index contributed by atoms with van der Waals surface area (Å²) in [5.74, 6) is 0.508. The summed E-state index contributed by atoms with van der Waals surface area (Å²) in [7, 11) is 1.91. The number of aryl methyl sites for hydroxylation is 3. The molecule has 0 aliphatic carbocycles. The summed E-state index contributed by atoms with van der Waals surface area (Å²) in [5, 5.41) is 11.6. The van der Waals surface area contributed by atoms with Crippen molar-refractivity contribution in [3.63, 3.8) is 0 Å². The van der Waals surface area contributed by atoms with Crippen molar-refractivity contribution >= 4 is 5.82 Å². The zero-order chi connectivity index (χ0) is 14.3. The van der Waals surface area contributed by atoms with Crippen LogP contribution in [0.3, 0.4) is 0 Å². The summed E-state index contributed by atoms with van der Waals surface area (Å²) in [6.07, 6.45) is 1.97. The van der Waals surface area contributed by atoms with Crippen molar-refractivity contribution < 1.29 is 0 Å². The van der Waals surface area contributed by atoms with Gasteiger partial charge in [0.05, 0.1) is 17.0 Å². The number of hydrogen-bond acceptors (Lipinski definition) is 3. The average molecular weight is 267 g/mol. The van der Waals surface area contributed by atoms with E-state index in [4.69, 9.17) is 5.73 Å². The number of anilines is 1. The fourth-order valence-electron chi connectivity index (χ4n) is 2.49. The van der Waals surface area contributed by atoms with Gasteiger partial charge >= 0.3 is 0 Å². The highest BCUT2D eigenvalue weighted by Crippen LogP contribution is 2.35. The Morgan fingerprint density at radius 1 is 1.25 bits per heavy atom. The zero-order valence-corrected chi connectivity index (χ0v) is 11.8. The Morgan fingerprint density at radius 3 is 2.70 bits per heavy atom. The standard InChI is InChI=1S/C15H17N5/c1-9-5-4-6-11(7-9)13-14(17-18-15(13)16)12-8-20(3)19-10(12)2/h4-8H,1-3H3,(H3,16,17,18). The number of nitrogen functional groups attached to an aromatic ring is 1. The van der Waals surface area contributed by atoms with Gasteiger partial charge in [-0.15, -0.1) is 0 Å². The summed E-state index contributed by atoms with van der Waals surface area (Å²) in [6, 6.07) is 8.24. The molecular weight excluding hydrogens is 250 g/mol. The highest BCUT2D eigenvalue weighted by Gasteiger charge is 2.17. The summed E-state index contributed by atoms with van der Waals surface area (Å²) < 4.78 is 1.79. The van der Waals surface area contributed by atoms with Crippen LogP contribution in [-0.2, 0) is 7.05 Å². The molecule has 0 radical (unpaired) electrons. The Balaban J connectivity index is 2.22. The van der Waals surface area contributed by atoms with Crippen LogP contribution in [-0.4, -0.2) is 20.0 Å². The first kappa shape index (κ1) is 12.5. The Kier molecular flexibility index (Phi) is 2.82. The summed E-state index contributed by atoms with van der Waals surface area (Å²) in [4.78, 5) is 0. The normalized spacial score (nSPS) is 10.9. The highest BCUT2D eigenvalue weighted by molar-refractivity contribution is 5.88. The molecule has 3 N–H and O–H groups in total. The lowest BCUT2D eigenvalue weighted by molar-refractivity contribution is 0.756. The molecule has 2 heterocycles. The van der Waals surface area contributed by atoms with Gasteiger partial charge in [0.25, 0.3) is 0 Å². The van der Waals surface area contributed by atoms with Crippen molar-refractivity contribution in [1.82, 2.24) is 20.0 Å². The third kappa shape index (κ3) is 1.97. The first-order valence-corrected chi connectivity index (χ1v) is 6.47. The number of aromatic nitrogens is 4. The van der Waals surface area contributed by atoms with E-state index in [1.54, 1.807) is 4.68 Å². The van der Waals surface area contributed by atoms with Gasteiger partial charge in [0, 0.05) is 18.8 Å². The molecule has 0 amide bonds. The topological polar surface area (TPSA) is 72.5 Å². The van der Waals surface area contributed by atoms with E-state index in [2.05, 4.69) is 34.4 Å². The first-order valence-electron chi connectivity index (χ1n) is 6.47. The molecule has 20 heavy (non-hydrogen) atoms. The Labute approximate surface area is 117 Å². The third-order valence-corrected chi connectivity index (χ3v) is 3.38. The molecule has 5 heteroatoms. The fourth-order valence-corrected chi connectivity index (χ4v) is 2.49. The third-order valence-electron chi connectivity index (χ3n) is 3.38. The number of H-pyrrole nitrogens is 1. The lowest BCUT2D eigenvalue weighted by Crippen LogP contribution is -1.89. The molecule has 0 bridgehead atoms. The number of hydrogen-bond donors (Lipinski definition) is 2. The molecule has 0 aliphatic heterocycles. The summed E-state index contributed by atoms with van der Waals surface area (Å²) in [5.41, 5.74) is 12.1. The maximum absolute atomic E-state index is 6.05. The summed E-state index contributed by atoms with van der Waals surface area (Å²) >= 11 is 0. The molecule has 0 saturated heterocycles. The molecule has 0 saturated carbocycles. The Hall–Kier alpha value is -2.56. The molecule has 0 unspecified atom stereocenters.